The summed E-state index contributed by atoms with van der Waals surface area (Å²) in [5, 5.41) is 3.09. The molecule has 5 heteroatoms. The van der Waals surface area contributed by atoms with Gasteiger partial charge in [-0.2, -0.15) is 0 Å². The summed E-state index contributed by atoms with van der Waals surface area (Å²) in [6.07, 6.45) is 4.97. The molecule has 4 aliphatic rings. The van der Waals surface area contributed by atoms with E-state index in [2.05, 4.69) is 19.2 Å². The SMILES string of the molecule is CC(=O)OC1=C2CC[C@@H]3[C@@H](CC[C@]4(C)C(=O)NC[C@@H]34)[C@@]2(C)CCC1=O. The van der Waals surface area contributed by atoms with Crippen molar-refractivity contribution in [3.8, 4) is 0 Å². The summed E-state index contributed by atoms with van der Waals surface area (Å²) in [5.41, 5.74) is 0.734. The molecule has 0 radical (unpaired) electrons. The quantitative estimate of drug-likeness (QED) is 0.742. The second-order valence-electron chi connectivity index (χ2n) is 8.82. The van der Waals surface area contributed by atoms with Crippen LogP contribution in [0.25, 0.3) is 0 Å². The molecular formula is C20H27NO4. The minimum atomic E-state index is -0.413. The zero-order valence-corrected chi connectivity index (χ0v) is 15.3. The van der Waals surface area contributed by atoms with Crippen molar-refractivity contribution in [3.63, 3.8) is 0 Å². The third kappa shape index (κ3) is 2.24. The molecular weight excluding hydrogens is 318 g/mol. The Morgan fingerprint density at radius 2 is 1.84 bits per heavy atom. The molecule has 0 aromatic heterocycles. The maximum atomic E-state index is 12.4. The fraction of sp³-hybridized carbons (Fsp3) is 0.750. The minimum absolute atomic E-state index is 0.0283. The molecule has 0 spiro atoms. The van der Waals surface area contributed by atoms with Crippen LogP contribution < -0.4 is 5.32 Å². The van der Waals surface area contributed by atoms with Gasteiger partial charge in [0.05, 0.1) is 5.41 Å². The molecule has 0 unspecified atom stereocenters. The first-order valence-electron chi connectivity index (χ1n) is 9.51. The van der Waals surface area contributed by atoms with Gasteiger partial charge < -0.3 is 10.1 Å². The summed E-state index contributed by atoms with van der Waals surface area (Å²) in [6, 6.07) is 0. The summed E-state index contributed by atoms with van der Waals surface area (Å²) >= 11 is 0. The number of Topliss-reactive ketones (excluding diaryl/α,β-unsaturated/α-hetero) is 1. The molecule has 5 nitrogen and oxygen atoms in total. The van der Waals surface area contributed by atoms with Crippen molar-refractivity contribution in [1.82, 2.24) is 5.32 Å². The van der Waals surface area contributed by atoms with E-state index in [1.165, 1.54) is 6.92 Å². The Balaban J connectivity index is 1.72. The van der Waals surface area contributed by atoms with Crippen LogP contribution >= 0.6 is 0 Å². The van der Waals surface area contributed by atoms with Crippen LogP contribution in [0, 0.1) is 28.6 Å². The first-order valence-corrected chi connectivity index (χ1v) is 9.51. The van der Waals surface area contributed by atoms with E-state index in [4.69, 9.17) is 4.74 Å². The molecule has 4 rings (SSSR count). The van der Waals surface area contributed by atoms with Crippen molar-refractivity contribution in [2.75, 3.05) is 6.54 Å². The van der Waals surface area contributed by atoms with Crippen molar-refractivity contribution < 1.29 is 19.1 Å². The summed E-state index contributed by atoms with van der Waals surface area (Å²) < 4.78 is 5.37. The van der Waals surface area contributed by atoms with Gasteiger partial charge in [-0.3, -0.25) is 14.4 Å². The van der Waals surface area contributed by atoms with Crippen LogP contribution in [0.2, 0.25) is 0 Å². The van der Waals surface area contributed by atoms with Gasteiger partial charge >= 0.3 is 5.97 Å². The van der Waals surface area contributed by atoms with Crippen LogP contribution in [-0.2, 0) is 19.1 Å². The molecule has 1 amide bonds. The largest absolute Gasteiger partial charge is 0.423 e. The summed E-state index contributed by atoms with van der Waals surface area (Å²) in [5.74, 6) is 1.44. The molecule has 25 heavy (non-hydrogen) atoms. The van der Waals surface area contributed by atoms with Crippen LogP contribution in [0.1, 0.15) is 59.3 Å². The highest BCUT2D eigenvalue weighted by Crippen LogP contribution is 2.63. The van der Waals surface area contributed by atoms with E-state index >= 15 is 0 Å². The summed E-state index contributed by atoms with van der Waals surface area (Å²) in [7, 11) is 0. The van der Waals surface area contributed by atoms with Gasteiger partial charge in [-0.05, 0) is 60.8 Å². The number of amides is 1. The van der Waals surface area contributed by atoms with Crippen molar-refractivity contribution in [3.05, 3.63) is 11.3 Å². The maximum Gasteiger partial charge on any atom is 0.308 e. The smallest absolute Gasteiger partial charge is 0.308 e. The molecule has 1 N–H and O–H groups in total. The van der Waals surface area contributed by atoms with E-state index in [1.807, 2.05) is 0 Å². The number of hydrogen-bond donors (Lipinski definition) is 1. The van der Waals surface area contributed by atoms with Crippen molar-refractivity contribution in [2.45, 2.75) is 59.3 Å². The molecule has 1 saturated heterocycles. The number of allylic oxidation sites excluding steroid dienone is 2. The van der Waals surface area contributed by atoms with Crippen LogP contribution in [0.4, 0.5) is 0 Å². The number of rotatable bonds is 1. The number of hydrogen-bond acceptors (Lipinski definition) is 4. The third-order valence-electron chi connectivity index (χ3n) is 7.71. The number of fused-ring (bicyclic) bond motifs is 5. The lowest BCUT2D eigenvalue weighted by molar-refractivity contribution is -0.142. The Bertz CT molecular complexity index is 696. The van der Waals surface area contributed by atoms with Crippen molar-refractivity contribution in [1.29, 1.82) is 0 Å². The molecule has 136 valence electrons. The zero-order valence-electron chi connectivity index (χ0n) is 15.3. The van der Waals surface area contributed by atoms with Crippen LogP contribution in [-0.4, -0.2) is 24.2 Å². The highest BCUT2D eigenvalue weighted by molar-refractivity contribution is 5.97. The van der Waals surface area contributed by atoms with Gasteiger partial charge in [-0.15, -0.1) is 0 Å². The van der Waals surface area contributed by atoms with Crippen LogP contribution in [0.3, 0.4) is 0 Å². The van der Waals surface area contributed by atoms with E-state index in [-0.39, 0.29) is 22.5 Å². The van der Waals surface area contributed by atoms with Gasteiger partial charge in [0.25, 0.3) is 0 Å². The number of carbonyl (C=O) groups is 3. The highest BCUT2D eigenvalue weighted by atomic mass is 16.5. The Hall–Kier alpha value is -1.65. The standard InChI is InChI=1S/C20H27NO4/c1-11(22)25-17-14-5-4-12-13(19(14,2)9-7-16(17)23)6-8-20(3)15(12)10-21-18(20)24/h12-13,15H,4-10H2,1-3H3,(H,21,24)/t12-,13-,15+,19-,20+/m1/s1. The third-order valence-corrected chi connectivity index (χ3v) is 7.71. The van der Waals surface area contributed by atoms with E-state index in [9.17, 15) is 14.4 Å². The Morgan fingerprint density at radius 3 is 2.56 bits per heavy atom. The fourth-order valence-corrected chi connectivity index (χ4v) is 6.31. The monoisotopic (exact) mass is 345 g/mol. The molecule has 5 atom stereocenters. The molecule has 0 aromatic carbocycles. The first kappa shape index (κ1) is 16.8. The average molecular weight is 345 g/mol. The van der Waals surface area contributed by atoms with Gasteiger partial charge in [-0.25, -0.2) is 0 Å². The normalized spacial score (nSPS) is 43.1. The topological polar surface area (TPSA) is 72.5 Å². The molecule has 0 aromatic rings. The van der Waals surface area contributed by atoms with E-state index in [0.717, 1.165) is 44.2 Å². The number of ether oxygens (including phenoxy) is 1. The lowest BCUT2D eigenvalue weighted by atomic mass is 9.47. The maximum absolute atomic E-state index is 12.4. The molecule has 3 fully saturated rings. The molecule has 1 heterocycles. The number of esters is 1. The molecule has 3 aliphatic carbocycles. The lowest BCUT2D eigenvalue weighted by Crippen LogP contribution is -2.51. The van der Waals surface area contributed by atoms with Crippen molar-refractivity contribution in [2.24, 2.45) is 28.6 Å². The Kier molecular flexibility index (Phi) is 3.64. The van der Waals surface area contributed by atoms with E-state index in [1.54, 1.807) is 0 Å². The predicted molar refractivity (Wildman–Crippen MR) is 91.2 cm³/mol. The first-order chi connectivity index (χ1) is 11.8. The molecule has 1 aliphatic heterocycles. The van der Waals surface area contributed by atoms with Crippen LogP contribution in [0.15, 0.2) is 11.3 Å². The highest BCUT2D eigenvalue weighted by Gasteiger charge is 2.60. The van der Waals surface area contributed by atoms with Gasteiger partial charge in [-0.1, -0.05) is 13.8 Å². The fourth-order valence-electron chi connectivity index (χ4n) is 6.31. The van der Waals surface area contributed by atoms with Gasteiger partial charge in [0.2, 0.25) is 5.91 Å². The van der Waals surface area contributed by atoms with E-state index < -0.39 is 5.97 Å². The second-order valence-corrected chi connectivity index (χ2v) is 8.82. The van der Waals surface area contributed by atoms with Gasteiger partial charge in [0.15, 0.2) is 11.5 Å². The van der Waals surface area contributed by atoms with Gasteiger partial charge in [0.1, 0.15) is 0 Å². The predicted octanol–water partition coefficient (Wildman–Crippen LogP) is 2.75. The lowest BCUT2D eigenvalue weighted by Gasteiger charge is -2.56. The molecule has 2 saturated carbocycles. The molecule has 0 bridgehead atoms. The Labute approximate surface area is 148 Å². The number of carbonyl (C=O) groups excluding carboxylic acids is 3. The summed E-state index contributed by atoms with van der Waals surface area (Å²) in [6.45, 7) is 6.52. The summed E-state index contributed by atoms with van der Waals surface area (Å²) in [4.78, 5) is 36.2. The minimum Gasteiger partial charge on any atom is -0.423 e. The van der Waals surface area contributed by atoms with Crippen LogP contribution in [0.5, 0.6) is 0 Å². The Morgan fingerprint density at radius 1 is 1.08 bits per heavy atom. The van der Waals surface area contributed by atoms with E-state index in [0.29, 0.717) is 29.9 Å². The zero-order chi connectivity index (χ0) is 18.0. The van der Waals surface area contributed by atoms with Crippen molar-refractivity contribution >= 4 is 17.7 Å². The number of ketones is 1. The van der Waals surface area contributed by atoms with Gasteiger partial charge in [0, 0.05) is 19.9 Å². The number of nitrogens with one attached hydrogen (secondary N) is 1. The second kappa shape index (κ2) is 5.42. The average Bonchev–Trinajstić information content (AvgIpc) is 2.86.